The minimum Gasteiger partial charge on any atom is -0.350 e. The fourth-order valence-electron chi connectivity index (χ4n) is 3.21. The van der Waals surface area contributed by atoms with Gasteiger partial charge in [-0.05, 0) is 36.6 Å². The van der Waals surface area contributed by atoms with Crippen LogP contribution in [0.4, 0.5) is 4.39 Å². The van der Waals surface area contributed by atoms with Gasteiger partial charge < -0.3 is 10.6 Å². The molecule has 0 aromatic heterocycles. The predicted molar refractivity (Wildman–Crippen MR) is 110 cm³/mol. The average molecular weight is 434 g/mol. The molecule has 0 bridgehead atoms. The van der Waals surface area contributed by atoms with E-state index in [-0.39, 0.29) is 12.1 Å². The van der Waals surface area contributed by atoms with Gasteiger partial charge in [0.25, 0.3) is 5.91 Å². The third-order valence-electron chi connectivity index (χ3n) is 4.87. The Morgan fingerprint density at radius 1 is 0.967 bits per heavy atom. The normalized spacial score (nSPS) is 14.8. The number of hydrogen-bond acceptors (Lipinski definition) is 4. The first-order chi connectivity index (χ1) is 14.4. The third kappa shape index (κ3) is 5.43. The van der Waals surface area contributed by atoms with Crippen LogP contribution in [-0.4, -0.2) is 44.2 Å². The van der Waals surface area contributed by atoms with Crippen LogP contribution in [0.15, 0.2) is 53.4 Å². The number of rotatable bonds is 7. The Kier molecular flexibility index (Phi) is 7.17. The first kappa shape index (κ1) is 21.9. The number of carbonyl (C=O) groups excluding carboxylic acids is 2. The molecule has 30 heavy (non-hydrogen) atoms. The summed E-state index contributed by atoms with van der Waals surface area (Å²) in [6, 6.07) is 12.5. The number of nitrogens with one attached hydrogen (secondary N) is 2. The van der Waals surface area contributed by atoms with E-state index in [1.54, 1.807) is 0 Å². The van der Waals surface area contributed by atoms with Crippen molar-refractivity contribution in [2.75, 3.05) is 19.6 Å². The summed E-state index contributed by atoms with van der Waals surface area (Å²) >= 11 is 0. The summed E-state index contributed by atoms with van der Waals surface area (Å²) in [6.07, 6.45) is 2.38. The molecule has 0 spiro atoms. The largest absolute Gasteiger partial charge is 0.350 e. The van der Waals surface area contributed by atoms with Crippen molar-refractivity contribution in [3.05, 3.63) is 65.5 Å². The van der Waals surface area contributed by atoms with Crippen LogP contribution in [0.5, 0.6) is 0 Å². The van der Waals surface area contributed by atoms with E-state index in [1.807, 2.05) is 30.3 Å². The van der Waals surface area contributed by atoms with Gasteiger partial charge in [-0.1, -0.05) is 36.8 Å². The molecule has 1 aliphatic rings. The third-order valence-corrected chi connectivity index (χ3v) is 6.78. The summed E-state index contributed by atoms with van der Waals surface area (Å²) in [6.45, 7) is 0.709. The van der Waals surface area contributed by atoms with Gasteiger partial charge in [-0.3, -0.25) is 9.59 Å². The minimum absolute atomic E-state index is 0.0251. The molecular weight excluding hydrogens is 409 g/mol. The summed E-state index contributed by atoms with van der Waals surface area (Å²) in [5.74, 6) is -1.95. The quantitative estimate of drug-likeness (QED) is 0.699. The first-order valence-corrected chi connectivity index (χ1v) is 11.2. The number of amides is 2. The van der Waals surface area contributed by atoms with Gasteiger partial charge in [0.05, 0.1) is 6.54 Å². The molecule has 1 heterocycles. The van der Waals surface area contributed by atoms with E-state index in [9.17, 15) is 22.4 Å². The van der Waals surface area contributed by atoms with Gasteiger partial charge in [-0.25, -0.2) is 12.8 Å². The molecule has 9 heteroatoms. The molecule has 0 radical (unpaired) electrons. The highest BCUT2D eigenvalue weighted by molar-refractivity contribution is 7.89. The van der Waals surface area contributed by atoms with Crippen LogP contribution in [-0.2, 0) is 21.4 Å². The SMILES string of the molecule is O=C(CNC(=O)c1ccc(F)c(S(=O)(=O)N2CCCCC2)c1)NCc1ccccc1. The Bertz CT molecular complexity index is 1010. The zero-order valence-electron chi connectivity index (χ0n) is 16.4. The molecule has 1 fully saturated rings. The molecule has 2 aromatic carbocycles. The van der Waals surface area contributed by atoms with Gasteiger partial charge in [0.2, 0.25) is 15.9 Å². The average Bonchev–Trinajstić information content (AvgIpc) is 2.77. The number of nitrogens with zero attached hydrogens (tertiary/aromatic N) is 1. The minimum atomic E-state index is -4.02. The van der Waals surface area contributed by atoms with E-state index >= 15 is 0 Å². The van der Waals surface area contributed by atoms with Gasteiger partial charge >= 0.3 is 0 Å². The second-order valence-corrected chi connectivity index (χ2v) is 8.96. The lowest BCUT2D eigenvalue weighted by molar-refractivity contribution is -0.120. The van der Waals surface area contributed by atoms with Gasteiger partial charge in [-0.15, -0.1) is 0 Å². The predicted octanol–water partition coefficient (Wildman–Crippen LogP) is 2.05. The van der Waals surface area contributed by atoms with Gasteiger partial charge in [0, 0.05) is 25.2 Å². The number of carbonyl (C=O) groups is 2. The topological polar surface area (TPSA) is 95.6 Å². The smallest absolute Gasteiger partial charge is 0.251 e. The second-order valence-electron chi connectivity index (χ2n) is 7.05. The molecule has 3 rings (SSSR count). The van der Waals surface area contributed by atoms with E-state index < -0.39 is 32.6 Å². The van der Waals surface area contributed by atoms with Gasteiger partial charge in [-0.2, -0.15) is 4.31 Å². The number of hydrogen-bond donors (Lipinski definition) is 2. The van der Waals surface area contributed by atoms with Crippen molar-refractivity contribution in [3.63, 3.8) is 0 Å². The van der Waals surface area contributed by atoms with Gasteiger partial charge in [0.15, 0.2) is 0 Å². The molecule has 1 saturated heterocycles. The Labute approximate surface area is 175 Å². The highest BCUT2D eigenvalue weighted by atomic mass is 32.2. The monoisotopic (exact) mass is 433 g/mol. The van der Waals surface area contributed by atoms with Crippen molar-refractivity contribution in [1.29, 1.82) is 0 Å². The Morgan fingerprint density at radius 3 is 2.37 bits per heavy atom. The molecule has 2 aromatic rings. The Balaban J connectivity index is 1.62. The second kappa shape index (κ2) is 9.82. The van der Waals surface area contributed by atoms with E-state index in [0.29, 0.717) is 19.6 Å². The molecule has 0 saturated carbocycles. The summed E-state index contributed by atoms with van der Waals surface area (Å²) in [4.78, 5) is 23.8. The molecular formula is C21H24FN3O4S. The summed E-state index contributed by atoms with van der Waals surface area (Å²) < 4.78 is 41.0. The van der Waals surface area contributed by atoms with Gasteiger partial charge in [0.1, 0.15) is 10.7 Å². The highest BCUT2D eigenvalue weighted by Gasteiger charge is 2.29. The first-order valence-electron chi connectivity index (χ1n) is 9.76. The van der Waals surface area contributed by atoms with Crippen LogP contribution >= 0.6 is 0 Å². The summed E-state index contributed by atoms with van der Waals surface area (Å²) in [7, 11) is -4.02. The van der Waals surface area contributed by atoms with Crippen LogP contribution in [0.2, 0.25) is 0 Å². The lowest BCUT2D eigenvalue weighted by Gasteiger charge is -2.26. The zero-order chi connectivity index (χ0) is 21.6. The van der Waals surface area contributed by atoms with Crippen LogP contribution in [0.3, 0.4) is 0 Å². The van der Waals surface area contributed by atoms with Crippen LogP contribution in [0.25, 0.3) is 0 Å². The van der Waals surface area contributed by atoms with Crippen LogP contribution < -0.4 is 10.6 Å². The molecule has 0 aliphatic carbocycles. The van der Waals surface area contributed by atoms with Crippen LogP contribution in [0.1, 0.15) is 35.2 Å². The zero-order valence-corrected chi connectivity index (χ0v) is 17.3. The maximum absolute atomic E-state index is 14.3. The lowest BCUT2D eigenvalue weighted by Crippen LogP contribution is -2.37. The number of halogens is 1. The van der Waals surface area contributed by atoms with Crippen molar-refractivity contribution in [3.8, 4) is 0 Å². The maximum atomic E-state index is 14.3. The standard InChI is InChI=1S/C21H24FN3O4S/c22-18-10-9-17(13-19(18)30(28,29)25-11-5-2-6-12-25)21(27)24-15-20(26)23-14-16-7-3-1-4-8-16/h1,3-4,7-10,13H,2,5-6,11-12,14-15H2,(H,23,26)(H,24,27). The number of piperidine rings is 1. The van der Waals surface area contributed by atoms with Crippen molar-refractivity contribution < 1.29 is 22.4 Å². The fraction of sp³-hybridized carbons (Fsp3) is 0.333. The summed E-state index contributed by atoms with van der Waals surface area (Å²) in [5.41, 5.74) is 0.895. The van der Waals surface area contributed by atoms with Crippen molar-refractivity contribution in [1.82, 2.24) is 14.9 Å². The molecule has 0 unspecified atom stereocenters. The van der Waals surface area contributed by atoms with E-state index in [1.165, 1.54) is 10.4 Å². The molecule has 1 aliphatic heterocycles. The van der Waals surface area contributed by atoms with E-state index in [4.69, 9.17) is 0 Å². The van der Waals surface area contributed by atoms with E-state index in [0.717, 1.165) is 37.0 Å². The molecule has 2 amide bonds. The Hall–Kier alpha value is -2.78. The van der Waals surface area contributed by atoms with Crippen molar-refractivity contribution >= 4 is 21.8 Å². The molecule has 2 N–H and O–H groups in total. The van der Waals surface area contributed by atoms with Crippen molar-refractivity contribution in [2.45, 2.75) is 30.7 Å². The highest BCUT2D eigenvalue weighted by Crippen LogP contribution is 2.24. The van der Waals surface area contributed by atoms with Crippen LogP contribution in [0, 0.1) is 5.82 Å². The fourth-order valence-corrected chi connectivity index (χ4v) is 4.82. The lowest BCUT2D eigenvalue weighted by atomic mass is 10.2. The number of sulfonamides is 1. The summed E-state index contributed by atoms with van der Waals surface area (Å²) in [5, 5.41) is 5.11. The molecule has 160 valence electrons. The maximum Gasteiger partial charge on any atom is 0.251 e. The molecule has 7 nitrogen and oxygen atoms in total. The Morgan fingerprint density at radius 2 is 1.67 bits per heavy atom. The number of benzene rings is 2. The molecule has 0 atom stereocenters. The van der Waals surface area contributed by atoms with Crippen molar-refractivity contribution in [2.24, 2.45) is 0 Å². The van der Waals surface area contributed by atoms with E-state index in [2.05, 4.69) is 10.6 Å².